The van der Waals surface area contributed by atoms with Gasteiger partial charge < -0.3 is 15.3 Å². The molecule has 0 aromatic rings. The van der Waals surface area contributed by atoms with Crippen LogP contribution in [0.5, 0.6) is 0 Å². The van der Waals surface area contributed by atoms with Crippen molar-refractivity contribution in [1.29, 1.82) is 0 Å². The van der Waals surface area contributed by atoms with Crippen LogP contribution in [0.1, 0.15) is 52.9 Å². The summed E-state index contributed by atoms with van der Waals surface area (Å²) in [4.78, 5) is 2.61. The van der Waals surface area contributed by atoms with E-state index in [-0.39, 0.29) is 12.1 Å². The zero-order valence-corrected chi connectivity index (χ0v) is 12.8. The lowest BCUT2D eigenvalue weighted by atomic mass is 9.82. The minimum Gasteiger partial charge on any atom is -0.394 e. The molecule has 3 nitrogen and oxygen atoms in total. The van der Waals surface area contributed by atoms with E-state index >= 15 is 0 Å². The number of hydrogen-bond acceptors (Lipinski definition) is 3. The average Bonchev–Trinajstić information content (AvgIpc) is 2.83. The summed E-state index contributed by atoms with van der Waals surface area (Å²) in [5, 5.41) is 12.6. The third-order valence-corrected chi connectivity index (χ3v) is 5.17. The first-order chi connectivity index (χ1) is 8.53. The van der Waals surface area contributed by atoms with Crippen LogP contribution in [0.15, 0.2) is 0 Å². The summed E-state index contributed by atoms with van der Waals surface area (Å²) in [7, 11) is 1.94. The van der Waals surface area contributed by atoms with E-state index in [0.29, 0.717) is 5.41 Å². The maximum atomic E-state index is 9.36. The highest BCUT2D eigenvalue weighted by Gasteiger charge is 2.34. The number of nitrogens with one attached hydrogen (secondary N) is 1. The fourth-order valence-corrected chi connectivity index (χ4v) is 3.02. The first-order valence-electron chi connectivity index (χ1n) is 7.55. The molecule has 0 aliphatic carbocycles. The molecule has 108 valence electrons. The standard InChI is InChI=1S/C15H32N2O/c1-5-15(6-2)9-11-17(12-15)10-7-8-14(3,13-18)16-4/h16,18H,5-13H2,1-4H3. The molecule has 0 bridgehead atoms. The van der Waals surface area contributed by atoms with Gasteiger partial charge >= 0.3 is 0 Å². The quantitative estimate of drug-likeness (QED) is 0.699. The Labute approximate surface area is 113 Å². The Kier molecular flexibility index (Phi) is 6.09. The van der Waals surface area contributed by atoms with Crippen molar-refractivity contribution in [2.45, 2.75) is 58.4 Å². The zero-order chi connectivity index (χ0) is 13.6. The van der Waals surface area contributed by atoms with Gasteiger partial charge in [-0.3, -0.25) is 0 Å². The van der Waals surface area contributed by atoms with Crippen molar-refractivity contribution < 1.29 is 5.11 Å². The van der Waals surface area contributed by atoms with E-state index < -0.39 is 0 Å². The molecule has 2 N–H and O–H groups in total. The van der Waals surface area contributed by atoms with E-state index in [1.165, 1.54) is 45.3 Å². The van der Waals surface area contributed by atoms with Crippen LogP contribution < -0.4 is 5.32 Å². The van der Waals surface area contributed by atoms with Gasteiger partial charge in [-0.1, -0.05) is 13.8 Å². The molecule has 18 heavy (non-hydrogen) atoms. The Morgan fingerprint density at radius 2 is 2.00 bits per heavy atom. The molecule has 1 atom stereocenters. The predicted octanol–water partition coefficient (Wildman–Crippen LogP) is 2.25. The molecule has 3 heteroatoms. The van der Waals surface area contributed by atoms with Crippen molar-refractivity contribution in [1.82, 2.24) is 10.2 Å². The monoisotopic (exact) mass is 256 g/mol. The molecule has 1 fully saturated rings. The molecule has 1 aliphatic rings. The number of aliphatic hydroxyl groups is 1. The largest absolute Gasteiger partial charge is 0.394 e. The topological polar surface area (TPSA) is 35.5 Å². The smallest absolute Gasteiger partial charge is 0.0610 e. The molecule has 0 radical (unpaired) electrons. The van der Waals surface area contributed by atoms with E-state index in [1.54, 1.807) is 0 Å². The molecule has 1 rings (SSSR count). The molecule has 1 heterocycles. The lowest BCUT2D eigenvalue weighted by Crippen LogP contribution is -2.43. The van der Waals surface area contributed by atoms with Crippen molar-refractivity contribution in [3.8, 4) is 0 Å². The van der Waals surface area contributed by atoms with Gasteiger partial charge in [0, 0.05) is 12.1 Å². The molecular weight excluding hydrogens is 224 g/mol. The van der Waals surface area contributed by atoms with Crippen molar-refractivity contribution in [2.24, 2.45) is 5.41 Å². The number of hydrogen-bond donors (Lipinski definition) is 2. The highest BCUT2D eigenvalue weighted by molar-refractivity contribution is 4.88. The molecule has 0 spiro atoms. The van der Waals surface area contributed by atoms with Crippen LogP contribution in [0.25, 0.3) is 0 Å². The molecule has 0 amide bonds. The first-order valence-corrected chi connectivity index (χ1v) is 7.55. The van der Waals surface area contributed by atoms with Crippen LogP contribution >= 0.6 is 0 Å². The van der Waals surface area contributed by atoms with Crippen LogP contribution in [0, 0.1) is 5.41 Å². The summed E-state index contributed by atoms with van der Waals surface area (Å²) in [6, 6.07) is 0. The number of aliphatic hydroxyl groups excluding tert-OH is 1. The van der Waals surface area contributed by atoms with Gasteiger partial charge in [0.05, 0.1) is 6.61 Å². The fourth-order valence-electron chi connectivity index (χ4n) is 3.02. The van der Waals surface area contributed by atoms with Gasteiger partial charge in [0.1, 0.15) is 0 Å². The van der Waals surface area contributed by atoms with Crippen LogP contribution in [0.4, 0.5) is 0 Å². The number of likely N-dealkylation sites (N-methyl/N-ethyl adjacent to an activating group) is 1. The lowest BCUT2D eigenvalue weighted by molar-refractivity contribution is 0.164. The van der Waals surface area contributed by atoms with E-state index in [0.717, 1.165) is 6.42 Å². The molecule has 0 saturated carbocycles. The number of rotatable bonds is 8. The highest BCUT2D eigenvalue weighted by atomic mass is 16.3. The first kappa shape index (κ1) is 15.9. The molecule has 1 aliphatic heterocycles. The summed E-state index contributed by atoms with van der Waals surface area (Å²) in [5.41, 5.74) is 0.482. The minimum absolute atomic E-state index is 0.105. The third kappa shape index (κ3) is 3.94. The third-order valence-electron chi connectivity index (χ3n) is 5.17. The lowest BCUT2D eigenvalue weighted by Gasteiger charge is -2.29. The average molecular weight is 256 g/mol. The molecule has 1 saturated heterocycles. The number of likely N-dealkylation sites (tertiary alicyclic amines) is 1. The fraction of sp³-hybridized carbons (Fsp3) is 1.00. The second kappa shape index (κ2) is 6.88. The Morgan fingerprint density at radius 1 is 1.33 bits per heavy atom. The van der Waals surface area contributed by atoms with Gasteiger partial charge in [-0.15, -0.1) is 0 Å². The maximum Gasteiger partial charge on any atom is 0.0610 e. The van der Waals surface area contributed by atoms with Crippen molar-refractivity contribution >= 4 is 0 Å². The summed E-state index contributed by atoms with van der Waals surface area (Å²) < 4.78 is 0. The van der Waals surface area contributed by atoms with Gasteiger partial charge in [0.25, 0.3) is 0 Å². The highest BCUT2D eigenvalue weighted by Crippen LogP contribution is 2.36. The SMILES string of the molecule is CCC1(CC)CCN(CCCC(C)(CO)NC)C1. The van der Waals surface area contributed by atoms with Crippen LogP contribution in [0.2, 0.25) is 0 Å². The van der Waals surface area contributed by atoms with E-state index in [4.69, 9.17) is 0 Å². The van der Waals surface area contributed by atoms with E-state index in [2.05, 4.69) is 31.0 Å². The second-order valence-corrected chi connectivity index (χ2v) is 6.31. The Bertz CT molecular complexity index is 235. The van der Waals surface area contributed by atoms with Crippen LogP contribution in [-0.4, -0.2) is 48.8 Å². The molecule has 1 unspecified atom stereocenters. The summed E-state index contributed by atoms with van der Waals surface area (Å²) >= 11 is 0. The normalized spacial score (nSPS) is 23.2. The summed E-state index contributed by atoms with van der Waals surface area (Å²) in [6.07, 6.45) is 6.20. The Morgan fingerprint density at radius 3 is 2.44 bits per heavy atom. The summed E-state index contributed by atoms with van der Waals surface area (Å²) in [6.45, 7) is 10.7. The van der Waals surface area contributed by atoms with Gasteiger partial charge in [-0.25, -0.2) is 0 Å². The van der Waals surface area contributed by atoms with Crippen molar-refractivity contribution in [3.05, 3.63) is 0 Å². The van der Waals surface area contributed by atoms with Crippen LogP contribution in [0.3, 0.4) is 0 Å². The number of nitrogens with zero attached hydrogens (tertiary/aromatic N) is 1. The molecule has 0 aromatic heterocycles. The Hall–Kier alpha value is -0.120. The minimum atomic E-state index is -0.105. The molecule has 0 aromatic carbocycles. The van der Waals surface area contributed by atoms with E-state index in [9.17, 15) is 5.11 Å². The predicted molar refractivity (Wildman–Crippen MR) is 77.9 cm³/mol. The van der Waals surface area contributed by atoms with Crippen molar-refractivity contribution in [3.63, 3.8) is 0 Å². The Balaban J connectivity index is 2.30. The summed E-state index contributed by atoms with van der Waals surface area (Å²) in [5.74, 6) is 0. The zero-order valence-electron chi connectivity index (χ0n) is 12.8. The van der Waals surface area contributed by atoms with Gasteiger partial charge in [0.15, 0.2) is 0 Å². The molecular formula is C15H32N2O. The van der Waals surface area contributed by atoms with Crippen LogP contribution in [-0.2, 0) is 0 Å². The van der Waals surface area contributed by atoms with Gasteiger partial charge in [0.2, 0.25) is 0 Å². The van der Waals surface area contributed by atoms with Gasteiger partial charge in [-0.05, 0) is 64.6 Å². The second-order valence-electron chi connectivity index (χ2n) is 6.31. The van der Waals surface area contributed by atoms with E-state index in [1.807, 2.05) is 7.05 Å². The van der Waals surface area contributed by atoms with Gasteiger partial charge in [-0.2, -0.15) is 0 Å². The van der Waals surface area contributed by atoms with Crippen molar-refractivity contribution in [2.75, 3.05) is 33.3 Å². The maximum absolute atomic E-state index is 9.36.